The van der Waals surface area contributed by atoms with E-state index in [2.05, 4.69) is 6.92 Å². The predicted octanol–water partition coefficient (Wildman–Crippen LogP) is 2.60. The molecule has 0 heterocycles. The zero-order valence-electron chi connectivity index (χ0n) is 9.00. The van der Waals surface area contributed by atoms with E-state index in [9.17, 15) is 0 Å². The summed E-state index contributed by atoms with van der Waals surface area (Å²) in [6.45, 7) is 2.21. The topological polar surface area (TPSA) is 26.0 Å². The van der Waals surface area contributed by atoms with Crippen molar-refractivity contribution >= 4 is 12.6 Å². The predicted molar refractivity (Wildman–Crippen MR) is 62.5 cm³/mol. The van der Waals surface area contributed by atoms with Gasteiger partial charge in [0.15, 0.2) is 0 Å². The summed E-state index contributed by atoms with van der Waals surface area (Å²) in [4.78, 5) is 0. The van der Waals surface area contributed by atoms with Crippen LogP contribution in [0.15, 0.2) is 0 Å². The highest BCUT2D eigenvalue weighted by Gasteiger charge is 2.57. The van der Waals surface area contributed by atoms with Gasteiger partial charge in [-0.2, -0.15) is 12.6 Å². The summed E-state index contributed by atoms with van der Waals surface area (Å²) in [6.07, 6.45) is 8.26. The van der Waals surface area contributed by atoms with Crippen LogP contribution in [0.4, 0.5) is 0 Å². The summed E-state index contributed by atoms with van der Waals surface area (Å²) < 4.78 is 0.359. The lowest BCUT2D eigenvalue weighted by Crippen LogP contribution is -2.58. The fraction of sp³-hybridized carbons (Fsp3) is 1.00. The van der Waals surface area contributed by atoms with Crippen LogP contribution in [0.2, 0.25) is 0 Å². The van der Waals surface area contributed by atoms with Crippen molar-refractivity contribution in [3.63, 3.8) is 0 Å². The summed E-state index contributed by atoms with van der Waals surface area (Å²) in [6, 6.07) is 0.375. The maximum atomic E-state index is 6.22. The van der Waals surface area contributed by atoms with Crippen molar-refractivity contribution in [1.82, 2.24) is 0 Å². The quantitative estimate of drug-likeness (QED) is 0.641. The number of thiol groups is 1. The largest absolute Gasteiger partial charge is 0.327 e. The van der Waals surface area contributed by atoms with Crippen molar-refractivity contribution in [2.75, 3.05) is 0 Å². The highest BCUT2D eigenvalue weighted by atomic mass is 32.1. The van der Waals surface area contributed by atoms with E-state index in [0.29, 0.717) is 16.2 Å². The molecule has 4 rings (SSSR count). The SMILES string of the molecule is C[C@H](N)C12C[C@@H]3C[C@H](CC(S)(C3)C1)C2. The minimum absolute atomic E-state index is 0.359. The molecule has 0 aliphatic heterocycles. The van der Waals surface area contributed by atoms with E-state index < -0.39 is 0 Å². The molecule has 0 aromatic carbocycles. The summed E-state index contributed by atoms with van der Waals surface area (Å²) in [5, 5.41) is 0. The van der Waals surface area contributed by atoms with E-state index in [0.717, 1.165) is 11.8 Å². The van der Waals surface area contributed by atoms with Crippen LogP contribution in [-0.4, -0.2) is 10.8 Å². The third-order valence-corrected chi connectivity index (χ3v) is 5.56. The van der Waals surface area contributed by atoms with Crippen LogP contribution in [0.3, 0.4) is 0 Å². The van der Waals surface area contributed by atoms with Gasteiger partial charge >= 0.3 is 0 Å². The van der Waals surface area contributed by atoms with E-state index in [1.807, 2.05) is 0 Å². The Morgan fingerprint density at radius 1 is 1.21 bits per heavy atom. The number of rotatable bonds is 1. The standard InChI is InChI=1S/C12H21NS/c1-8(13)11-3-9-2-10(4-11)6-12(14,5-9)7-11/h8-10,14H,2-7,13H2,1H3/t8-,9-,10-,11?,12?/m0/s1. The third kappa shape index (κ3) is 1.19. The molecule has 1 nitrogen and oxygen atoms in total. The van der Waals surface area contributed by atoms with Gasteiger partial charge < -0.3 is 5.73 Å². The third-order valence-electron chi connectivity index (χ3n) is 5.04. The number of hydrogen-bond acceptors (Lipinski definition) is 2. The van der Waals surface area contributed by atoms with Crippen molar-refractivity contribution < 1.29 is 0 Å². The van der Waals surface area contributed by atoms with E-state index >= 15 is 0 Å². The monoisotopic (exact) mass is 211 g/mol. The van der Waals surface area contributed by atoms with Crippen LogP contribution in [-0.2, 0) is 0 Å². The van der Waals surface area contributed by atoms with Crippen molar-refractivity contribution in [1.29, 1.82) is 0 Å². The van der Waals surface area contributed by atoms with Gasteiger partial charge in [0.2, 0.25) is 0 Å². The lowest BCUT2D eigenvalue weighted by atomic mass is 9.47. The Bertz CT molecular complexity index is 247. The second-order valence-corrected chi connectivity index (χ2v) is 7.29. The molecule has 0 amide bonds. The Morgan fingerprint density at radius 3 is 2.21 bits per heavy atom. The van der Waals surface area contributed by atoms with Crippen LogP contribution in [0.5, 0.6) is 0 Å². The number of nitrogens with two attached hydrogens (primary N) is 1. The molecule has 4 saturated carbocycles. The molecule has 14 heavy (non-hydrogen) atoms. The zero-order chi connectivity index (χ0) is 9.97. The van der Waals surface area contributed by atoms with E-state index in [-0.39, 0.29) is 0 Å². The lowest BCUT2D eigenvalue weighted by molar-refractivity contribution is -0.0486. The summed E-state index contributed by atoms with van der Waals surface area (Å²) in [5.41, 5.74) is 6.68. The second kappa shape index (κ2) is 2.70. The minimum Gasteiger partial charge on any atom is -0.327 e. The van der Waals surface area contributed by atoms with Crippen LogP contribution in [0.1, 0.15) is 45.4 Å². The first-order valence-corrected chi connectivity index (χ1v) is 6.44. The molecule has 0 spiro atoms. The van der Waals surface area contributed by atoms with E-state index in [1.165, 1.54) is 38.5 Å². The Balaban J connectivity index is 1.96. The maximum Gasteiger partial charge on any atom is 0.0141 e. The van der Waals surface area contributed by atoms with E-state index in [4.69, 9.17) is 18.4 Å². The van der Waals surface area contributed by atoms with Gasteiger partial charge in [0, 0.05) is 10.8 Å². The summed E-state index contributed by atoms with van der Waals surface area (Å²) in [7, 11) is 0. The Labute approximate surface area is 92.2 Å². The molecule has 4 aliphatic carbocycles. The number of hydrogen-bond donors (Lipinski definition) is 2. The zero-order valence-corrected chi connectivity index (χ0v) is 9.89. The molecule has 0 saturated heterocycles. The highest BCUT2D eigenvalue weighted by Crippen LogP contribution is 2.64. The van der Waals surface area contributed by atoms with Gasteiger partial charge in [0.25, 0.3) is 0 Å². The maximum absolute atomic E-state index is 6.22. The first-order valence-electron chi connectivity index (χ1n) is 5.99. The molecule has 0 unspecified atom stereocenters. The molecule has 4 aliphatic rings. The molecular formula is C12H21NS. The molecular weight excluding hydrogens is 190 g/mol. The van der Waals surface area contributed by atoms with Gasteiger partial charge in [-0.25, -0.2) is 0 Å². The van der Waals surface area contributed by atoms with E-state index in [1.54, 1.807) is 0 Å². The van der Waals surface area contributed by atoms with Crippen molar-refractivity contribution in [3.8, 4) is 0 Å². The summed E-state index contributed by atoms with van der Waals surface area (Å²) in [5.74, 6) is 1.89. The van der Waals surface area contributed by atoms with Gasteiger partial charge in [-0.1, -0.05) is 0 Å². The molecule has 2 N–H and O–H groups in total. The second-order valence-electron chi connectivity index (χ2n) is 6.34. The van der Waals surface area contributed by atoms with Crippen LogP contribution < -0.4 is 5.73 Å². The molecule has 0 aromatic rings. The summed E-state index contributed by atoms with van der Waals surface area (Å²) >= 11 is 4.94. The Kier molecular flexibility index (Phi) is 1.84. The average Bonchev–Trinajstić information content (AvgIpc) is 1.98. The fourth-order valence-corrected chi connectivity index (χ4v) is 5.65. The average molecular weight is 211 g/mol. The normalized spacial score (nSPS) is 57.6. The Morgan fingerprint density at radius 2 is 1.79 bits per heavy atom. The smallest absolute Gasteiger partial charge is 0.0141 e. The highest BCUT2D eigenvalue weighted by molar-refractivity contribution is 7.81. The molecule has 4 fully saturated rings. The van der Waals surface area contributed by atoms with Crippen molar-refractivity contribution in [2.45, 2.75) is 56.2 Å². The molecule has 0 aromatic heterocycles. The first-order chi connectivity index (χ1) is 6.51. The molecule has 0 radical (unpaired) electrons. The lowest BCUT2D eigenvalue weighted by Gasteiger charge is -2.62. The van der Waals surface area contributed by atoms with Crippen LogP contribution >= 0.6 is 12.6 Å². The van der Waals surface area contributed by atoms with Gasteiger partial charge in [-0.15, -0.1) is 0 Å². The molecule has 2 heteroatoms. The Hall–Kier alpha value is 0.310. The van der Waals surface area contributed by atoms with Gasteiger partial charge in [0.05, 0.1) is 0 Å². The van der Waals surface area contributed by atoms with Gasteiger partial charge in [-0.05, 0) is 62.7 Å². The van der Waals surface area contributed by atoms with Gasteiger partial charge in [-0.3, -0.25) is 0 Å². The fourth-order valence-electron chi connectivity index (χ4n) is 4.82. The van der Waals surface area contributed by atoms with Crippen molar-refractivity contribution in [2.24, 2.45) is 23.0 Å². The minimum atomic E-state index is 0.359. The molecule has 4 bridgehead atoms. The van der Waals surface area contributed by atoms with Crippen LogP contribution in [0, 0.1) is 17.3 Å². The molecule has 80 valence electrons. The first kappa shape index (κ1) is 9.53. The van der Waals surface area contributed by atoms with Crippen LogP contribution in [0.25, 0.3) is 0 Å². The molecule has 3 atom stereocenters. The van der Waals surface area contributed by atoms with Crippen molar-refractivity contribution in [3.05, 3.63) is 0 Å². The van der Waals surface area contributed by atoms with Gasteiger partial charge in [0.1, 0.15) is 0 Å².